The number of aromatic nitrogens is 2. The van der Waals surface area contributed by atoms with Crippen LogP contribution in [0.3, 0.4) is 0 Å². The number of carbonyl (C=O) groups is 1. The van der Waals surface area contributed by atoms with E-state index in [9.17, 15) is 4.79 Å². The molecule has 0 saturated heterocycles. The van der Waals surface area contributed by atoms with E-state index in [2.05, 4.69) is 10.3 Å². The van der Waals surface area contributed by atoms with Crippen LogP contribution in [0.15, 0.2) is 42.5 Å². The Morgan fingerprint density at radius 3 is 2.50 bits per heavy atom. The van der Waals surface area contributed by atoms with Crippen LogP contribution in [0.25, 0.3) is 11.0 Å². The van der Waals surface area contributed by atoms with Crippen LogP contribution in [-0.2, 0) is 17.1 Å². The minimum atomic E-state index is -0.134. The summed E-state index contributed by atoms with van der Waals surface area (Å²) in [5.74, 6) is 2.74. The van der Waals surface area contributed by atoms with Gasteiger partial charge in [0.15, 0.2) is 0 Å². The van der Waals surface area contributed by atoms with Gasteiger partial charge in [0, 0.05) is 23.9 Å². The molecule has 3 aromatic rings. The van der Waals surface area contributed by atoms with Crippen molar-refractivity contribution in [3.05, 3.63) is 48.3 Å². The fourth-order valence-corrected chi connectivity index (χ4v) is 3.24. The summed E-state index contributed by atoms with van der Waals surface area (Å²) >= 11 is 1.68. The summed E-state index contributed by atoms with van der Waals surface area (Å²) in [6.45, 7) is 0.190. The summed E-state index contributed by atoms with van der Waals surface area (Å²) in [6, 6.07) is 13.1. The van der Waals surface area contributed by atoms with Gasteiger partial charge in [-0.1, -0.05) is 12.1 Å². The van der Waals surface area contributed by atoms with Gasteiger partial charge in [0.25, 0.3) is 0 Å². The third-order valence-corrected chi connectivity index (χ3v) is 4.49. The number of imidazole rings is 1. The van der Waals surface area contributed by atoms with Crippen LogP contribution in [-0.4, -0.2) is 35.9 Å². The van der Waals surface area contributed by atoms with Gasteiger partial charge in [-0.15, -0.1) is 0 Å². The molecule has 136 valence electrons. The number of thioether (sulfide) groups is 1. The summed E-state index contributed by atoms with van der Waals surface area (Å²) in [6.07, 6.45) is 2.02. The zero-order valence-electron chi connectivity index (χ0n) is 15.0. The molecule has 0 fully saturated rings. The number of nitrogens with zero attached hydrogens (tertiary/aromatic N) is 2. The first-order valence-corrected chi connectivity index (χ1v) is 9.50. The number of rotatable bonds is 7. The van der Waals surface area contributed by atoms with Crippen molar-refractivity contribution in [2.75, 3.05) is 25.8 Å². The molecule has 1 heterocycles. The topological polar surface area (TPSA) is 65.4 Å². The second kappa shape index (κ2) is 8.14. The highest BCUT2D eigenvalue weighted by atomic mass is 32.2. The van der Waals surface area contributed by atoms with Crippen molar-refractivity contribution in [1.29, 1.82) is 0 Å². The molecule has 1 amide bonds. The Bertz CT molecular complexity index is 901. The van der Waals surface area contributed by atoms with Gasteiger partial charge in [-0.05, 0) is 18.4 Å². The summed E-state index contributed by atoms with van der Waals surface area (Å²) in [4.78, 5) is 17.3. The lowest BCUT2D eigenvalue weighted by molar-refractivity contribution is -0.116. The smallest absolute Gasteiger partial charge is 0.244 e. The highest BCUT2D eigenvalue weighted by Gasteiger charge is 2.14. The molecule has 0 radical (unpaired) electrons. The molecule has 26 heavy (non-hydrogen) atoms. The van der Waals surface area contributed by atoms with E-state index >= 15 is 0 Å². The second-order valence-corrected chi connectivity index (χ2v) is 6.55. The van der Waals surface area contributed by atoms with Crippen LogP contribution in [0.2, 0.25) is 0 Å². The molecule has 2 aromatic carbocycles. The van der Waals surface area contributed by atoms with Gasteiger partial charge in [-0.25, -0.2) is 4.98 Å². The van der Waals surface area contributed by atoms with E-state index in [4.69, 9.17) is 9.47 Å². The molecule has 0 aliphatic heterocycles. The minimum absolute atomic E-state index is 0.134. The van der Waals surface area contributed by atoms with E-state index in [1.165, 1.54) is 0 Å². The zero-order valence-corrected chi connectivity index (χ0v) is 15.8. The number of ether oxygens (including phenoxy) is 2. The molecule has 1 aromatic heterocycles. The summed E-state index contributed by atoms with van der Waals surface area (Å²) in [5, 5.41) is 2.91. The van der Waals surface area contributed by atoms with Crippen molar-refractivity contribution in [2.45, 2.75) is 12.3 Å². The van der Waals surface area contributed by atoms with Crippen molar-refractivity contribution in [1.82, 2.24) is 9.55 Å². The van der Waals surface area contributed by atoms with E-state index in [1.807, 2.05) is 35.1 Å². The molecule has 0 atom stereocenters. The number of hydrogen-bond donors (Lipinski definition) is 1. The van der Waals surface area contributed by atoms with Crippen molar-refractivity contribution >= 4 is 34.4 Å². The predicted octanol–water partition coefficient (Wildman–Crippen LogP) is 3.56. The quantitative estimate of drug-likeness (QED) is 0.688. The van der Waals surface area contributed by atoms with Crippen LogP contribution in [0.4, 0.5) is 5.69 Å². The third-order valence-electron chi connectivity index (χ3n) is 3.94. The largest absolute Gasteiger partial charge is 0.497 e. The average Bonchev–Trinajstić information content (AvgIpc) is 2.99. The molecule has 0 bridgehead atoms. The number of methoxy groups -OCH3 is 2. The molecule has 3 rings (SSSR count). The van der Waals surface area contributed by atoms with Gasteiger partial charge >= 0.3 is 0 Å². The second-order valence-electron chi connectivity index (χ2n) is 5.69. The SMILES string of the molecule is COc1cc(NC(=O)Cn2c(CSC)nc3ccccc32)cc(OC)c1. The first kappa shape index (κ1) is 18.1. The maximum Gasteiger partial charge on any atom is 0.244 e. The number of para-hydroxylation sites is 2. The lowest BCUT2D eigenvalue weighted by Gasteiger charge is -2.12. The summed E-state index contributed by atoms with van der Waals surface area (Å²) in [5.41, 5.74) is 2.48. The van der Waals surface area contributed by atoms with Crippen molar-refractivity contribution in [3.63, 3.8) is 0 Å². The number of anilines is 1. The van der Waals surface area contributed by atoms with Gasteiger partial charge in [0.05, 0.1) is 31.0 Å². The highest BCUT2D eigenvalue weighted by molar-refractivity contribution is 7.97. The van der Waals surface area contributed by atoms with Gasteiger partial charge in [-0.2, -0.15) is 11.8 Å². The molecule has 0 saturated carbocycles. The molecular formula is C19H21N3O3S. The normalized spacial score (nSPS) is 10.7. The number of nitrogens with one attached hydrogen (secondary N) is 1. The van der Waals surface area contributed by atoms with Gasteiger partial charge in [-0.3, -0.25) is 4.79 Å². The van der Waals surface area contributed by atoms with E-state index in [1.54, 1.807) is 44.2 Å². The van der Waals surface area contributed by atoms with Crippen LogP contribution in [0, 0.1) is 0 Å². The zero-order chi connectivity index (χ0) is 18.5. The molecular weight excluding hydrogens is 350 g/mol. The molecule has 0 spiro atoms. The van der Waals surface area contributed by atoms with Crippen molar-refractivity contribution in [3.8, 4) is 11.5 Å². The number of carbonyl (C=O) groups excluding carboxylic acids is 1. The van der Waals surface area contributed by atoms with Gasteiger partial charge in [0.1, 0.15) is 23.9 Å². The molecule has 7 heteroatoms. The van der Waals surface area contributed by atoms with E-state index < -0.39 is 0 Å². The number of hydrogen-bond acceptors (Lipinski definition) is 5. The van der Waals surface area contributed by atoms with Crippen LogP contribution in [0.1, 0.15) is 5.82 Å². The predicted molar refractivity (Wildman–Crippen MR) is 105 cm³/mol. The third kappa shape index (κ3) is 3.94. The maximum atomic E-state index is 12.6. The summed E-state index contributed by atoms with van der Waals surface area (Å²) < 4.78 is 12.4. The number of benzene rings is 2. The summed E-state index contributed by atoms with van der Waals surface area (Å²) in [7, 11) is 3.15. The van der Waals surface area contributed by atoms with Crippen LogP contribution < -0.4 is 14.8 Å². The lowest BCUT2D eigenvalue weighted by atomic mass is 10.2. The number of amides is 1. The molecule has 0 unspecified atom stereocenters. The average molecular weight is 371 g/mol. The standard InChI is InChI=1S/C19H21N3O3S/c1-24-14-8-13(9-15(10-14)25-2)20-19(23)11-22-17-7-5-4-6-16(17)21-18(22)12-26-3/h4-10H,11-12H2,1-3H3,(H,20,23). The fourth-order valence-electron chi connectivity index (χ4n) is 2.76. The van der Waals surface area contributed by atoms with E-state index in [0.29, 0.717) is 17.2 Å². The monoisotopic (exact) mass is 371 g/mol. The van der Waals surface area contributed by atoms with Crippen LogP contribution >= 0.6 is 11.8 Å². The first-order chi connectivity index (χ1) is 12.6. The Labute approximate surface area is 156 Å². The Morgan fingerprint density at radius 2 is 1.85 bits per heavy atom. The Morgan fingerprint density at radius 1 is 1.15 bits per heavy atom. The molecule has 6 nitrogen and oxygen atoms in total. The lowest BCUT2D eigenvalue weighted by Crippen LogP contribution is -2.20. The van der Waals surface area contributed by atoms with E-state index in [0.717, 1.165) is 22.6 Å². The van der Waals surface area contributed by atoms with E-state index in [-0.39, 0.29) is 12.5 Å². The maximum absolute atomic E-state index is 12.6. The Kier molecular flexibility index (Phi) is 5.68. The number of fused-ring (bicyclic) bond motifs is 1. The molecule has 1 N–H and O–H groups in total. The van der Waals surface area contributed by atoms with Gasteiger partial charge < -0.3 is 19.4 Å². The Hall–Kier alpha value is -2.67. The fraction of sp³-hybridized carbons (Fsp3) is 0.263. The minimum Gasteiger partial charge on any atom is -0.497 e. The van der Waals surface area contributed by atoms with Crippen LogP contribution in [0.5, 0.6) is 11.5 Å². The Balaban J connectivity index is 1.84. The molecule has 0 aliphatic rings. The first-order valence-electron chi connectivity index (χ1n) is 8.10. The van der Waals surface area contributed by atoms with Gasteiger partial charge in [0.2, 0.25) is 5.91 Å². The highest BCUT2D eigenvalue weighted by Crippen LogP contribution is 2.26. The molecule has 0 aliphatic carbocycles. The van der Waals surface area contributed by atoms with Crippen molar-refractivity contribution in [2.24, 2.45) is 0 Å². The van der Waals surface area contributed by atoms with Crippen molar-refractivity contribution < 1.29 is 14.3 Å².